The number of imide groups is 1. The molecule has 2 aromatic carbocycles. The lowest BCUT2D eigenvalue weighted by Crippen LogP contribution is -2.33. The molecule has 124 valence electrons. The first kappa shape index (κ1) is 17.2. The van der Waals surface area contributed by atoms with Crippen LogP contribution in [0, 0.1) is 6.92 Å². The first-order valence-electron chi connectivity index (χ1n) is 7.53. The van der Waals surface area contributed by atoms with Gasteiger partial charge in [0.15, 0.2) is 0 Å². The second kappa shape index (κ2) is 6.69. The number of carbonyl (C=O) groups excluding carboxylic acids is 2. The van der Waals surface area contributed by atoms with Gasteiger partial charge in [-0.15, -0.1) is 0 Å². The molecule has 1 fully saturated rings. The summed E-state index contributed by atoms with van der Waals surface area (Å²) in [5.74, 6) is -0.201. The van der Waals surface area contributed by atoms with E-state index in [2.05, 4.69) is 31.9 Å². The van der Waals surface area contributed by atoms with Gasteiger partial charge < -0.3 is 4.90 Å². The zero-order chi connectivity index (χ0) is 17.4. The second-order valence-corrected chi connectivity index (χ2v) is 7.59. The predicted molar refractivity (Wildman–Crippen MR) is 101 cm³/mol. The van der Waals surface area contributed by atoms with Crippen LogP contribution in [-0.2, 0) is 11.3 Å². The normalized spacial score (nSPS) is 17.8. The Balaban J connectivity index is 1.88. The number of urea groups is 1. The van der Waals surface area contributed by atoms with Gasteiger partial charge in [0.05, 0.1) is 5.69 Å². The Morgan fingerprint density at radius 1 is 1.04 bits per heavy atom. The molecule has 0 saturated carbocycles. The number of aryl methyl sites for hydroxylation is 1. The number of rotatable bonds is 3. The molecule has 2 aromatic rings. The van der Waals surface area contributed by atoms with Crippen molar-refractivity contribution in [3.8, 4) is 0 Å². The van der Waals surface area contributed by atoms with Crippen LogP contribution in [0.1, 0.15) is 18.1 Å². The van der Waals surface area contributed by atoms with Crippen molar-refractivity contribution in [3.05, 3.63) is 62.5 Å². The van der Waals surface area contributed by atoms with Crippen LogP contribution in [0.3, 0.4) is 0 Å². The maximum Gasteiger partial charge on any atom is 0.332 e. The standard InChI is InChI=1S/C18H16Br2N2O2/c1-11-3-8-15(9-16(11)20)22-17(23)12(2)21(18(22)24)10-13-4-6-14(19)7-5-13/h3-9,12H,10H2,1-2H3/t12-/m0/s1. The molecule has 4 nitrogen and oxygen atoms in total. The summed E-state index contributed by atoms with van der Waals surface area (Å²) in [6, 6.07) is 12.5. The van der Waals surface area contributed by atoms with Crippen LogP contribution in [0.5, 0.6) is 0 Å². The minimum atomic E-state index is -0.485. The largest absolute Gasteiger partial charge is 0.332 e. The highest BCUT2D eigenvalue weighted by Crippen LogP contribution is 2.30. The zero-order valence-electron chi connectivity index (χ0n) is 13.3. The van der Waals surface area contributed by atoms with E-state index in [1.807, 2.05) is 37.3 Å². The summed E-state index contributed by atoms with van der Waals surface area (Å²) in [6.45, 7) is 4.13. The van der Waals surface area contributed by atoms with Crippen molar-refractivity contribution in [1.29, 1.82) is 0 Å². The summed E-state index contributed by atoms with van der Waals surface area (Å²) < 4.78 is 1.86. The van der Waals surface area contributed by atoms with E-state index in [9.17, 15) is 9.59 Å². The molecule has 0 aliphatic carbocycles. The molecule has 24 heavy (non-hydrogen) atoms. The van der Waals surface area contributed by atoms with Crippen LogP contribution in [0.25, 0.3) is 0 Å². The van der Waals surface area contributed by atoms with E-state index in [4.69, 9.17) is 0 Å². The minimum absolute atomic E-state index is 0.201. The molecule has 1 atom stereocenters. The topological polar surface area (TPSA) is 40.6 Å². The van der Waals surface area contributed by atoms with E-state index >= 15 is 0 Å². The Hall–Kier alpha value is -1.66. The molecule has 3 rings (SSSR count). The Bertz CT molecular complexity index is 805. The van der Waals surface area contributed by atoms with Gasteiger partial charge in [0.2, 0.25) is 0 Å². The van der Waals surface area contributed by atoms with Gasteiger partial charge in [-0.2, -0.15) is 0 Å². The third kappa shape index (κ3) is 3.13. The lowest BCUT2D eigenvalue weighted by atomic mass is 10.2. The highest BCUT2D eigenvalue weighted by molar-refractivity contribution is 9.10. The van der Waals surface area contributed by atoms with Gasteiger partial charge >= 0.3 is 6.03 Å². The van der Waals surface area contributed by atoms with Crippen molar-refractivity contribution in [2.75, 3.05) is 4.90 Å². The van der Waals surface area contributed by atoms with Gasteiger partial charge in [-0.25, -0.2) is 9.69 Å². The Kier molecular flexibility index (Phi) is 4.78. The second-order valence-electron chi connectivity index (χ2n) is 5.82. The molecule has 0 unspecified atom stereocenters. The Morgan fingerprint density at radius 3 is 2.33 bits per heavy atom. The lowest BCUT2D eigenvalue weighted by Gasteiger charge is -2.19. The fourth-order valence-electron chi connectivity index (χ4n) is 2.66. The molecule has 0 spiro atoms. The van der Waals surface area contributed by atoms with Crippen LogP contribution in [0.15, 0.2) is 51.4 Å². The summed E-state index contributed by atoms with van der Waals surface area (Å²) in [5.41, 5.74) is 2.63. The molecular weight excluding hydrogens is 436 g/mol. The molecule has 0 radical (unpaired) electrons. The highest BCUT2D eigenvalue weighted by atomic mass is 79.9. The number of carbonyl (C=O) groups is 2. The van der Waals surface area contributed by atoms with E-state index in [1.165, 1.54) is 4.90 Å². The highest BCUT2D eigenvalue weighted by Gasteiger charge is 2.43. The van der Waals surface area contributed by atoms with E-state index in [1.54, 1.807) is 24.0 Å². The number of hydrogen-bond donors (Lipinski definition) is 0. The smallest absolute Gasteiger partial charge is 0.308 e. The van der Waals surface area contributed by atoms with E-state index < -0.39 is 6.04 Å². The molecule has 0 N–H and O–H groups in total. The average Bonchev–Trinajstić information content (AvgIpc) is 2.76. The number of hydrogen-bond acceptors (Lipinski definition) is 2. The summed E-state index contributed by atoms with van der Waals surface area (Å²) >= 11 is 6.85. The number of nitrogens with zero attached hydrogens (tertiary/aromatic N) is 2. The fourth-order valence-corrected chi connectivity index (χ4v) is 3.29. The van der Waals surface area contributed by atoms with Gasteiger partial charge in [-0.05, 0) is 49.2 Å². The van der Waals surface area contributed by atoms with Crippen molar-refractivity contribution < 1.29 is 9.59 Å². The van der Waals surface area contributed by atoms with Crippen molar-refractivity contribution in [2.45, 2.75) is 26.4 Å². The van der Waals surface area contributed by atoms with Crippen molar-refractivity contribution in [2.24, 2.45) is 0 Å². The molecule has 1 heterocycles. The number of amides is 3. The predicted octanol–water partition coefficient (Wildman–Crippen LogP) is 4.88. The van der Waals surface area contributed by atoms with Gasteiger partial charge in [-0.3, -0.25) is 4.79 Å². The van der Waals surface area contributed by atoms with Crippen LogP contribution < -0.4 is 4.90 Å². The average molecular weight is 452 g/mol. The molecule has 1 aliphatic rings. The van der Waals surface area contributed by atoms with Gasteiger partial charge in [0.25, 0.3) is 5.91 Å². The number of halogens is 2. The van der Waals surface area contributed by atoms with Gasteiger partial charge in [-0.1, -0.05) is 50.1 Å². The first-order chi connectivity index (χ1) is 11.4. The minimum Gasteiger partial charge on any atom is -0.308 e. The lowest BCUT2D eigenvalue weighted by molar-refractivity contribution is -0.119. The zero-order valence-corrected chi connectivity index (χ0v) is 16.5. The molecule has 0 bridgehead atoms. The Morgan fingerprint density at radius 2 is 1.71 bits per heavy atom. The third-order valence-electron chi connectivity index (χ3n) is 4.16. The van der Waals surface area contributed by atoms with Gasteiger partial charge in [0.1, 0.15) is 6.04 Å². The third-order valence-corrected chi connectivity index (χ3v) is 5.55. The maximum absolute atomic E-state index is 12.8. The SMILES string of the molecule is Cc1ccc(N2C(=O)[C@H](C)N(Cc3ccc(Br)cc3)C2=O)cc1Br. The number of anilines is 1. The molecule has 0 aromatic heterocycles. The monoisotopic (exact) mass is 450 g/mol. The summed E-state index contributed by atoms with van der Waals surface area (Å²) in [5, 5.41) is 0. The first-order valence-corrected chi connectivity index (χ1v) is 9.12. The van der Waals surface area contributed by atoms with Gasteiger partial charge in [0, 0.05) is 15.5 Å². The van der Waals surface area contributed by atoms with Crippen molar-refractivity contribution >= 4 is 49.5 Å². The molecular formula is C18H16Br2N2O2. The summed E-state index contributed by atoms with van der Waals surface area (Å²) in [6.07, 6.45) is 0. The number of benzene rings is 2. The summed E-state index contributed by atoms with van der Waals surface area (Å²) in [7, 11) is 0. The van der Waals surface area contributed by atoms with E-state index in [0.717, 1.165) is 20.1 Å². The molecule has 1 saturated heterocycles. The maximum atomic E-state index is 12.8. The Labute approximate surface area is 157 Å². The summed E-state index contributed by atoms with van der Waals surface area (Å²) in [4.78, 5) is 28.3. The quantitative estimate of drug-likeness (QED) is 0.624. The molecule has 3 amide bonds. The molecule has 1 aliphatic heterocycles. The van der Waals surface area contributed by atoms with Crippen molar-refractivity contribution in [1.82, 2.24) is 4.90 Å². The van der Waals surface area contributed by atoms with E-state index in [0.29, 0.717) is 12.2 Å². The van der Waals surface area contributed by atoms with Crippen LogP contribution in [-0.4, -0.2) is 22.9 Å². The van der Waals surface area contributed by atoms with E-state index in [-0.39, 0.29) is 11.9 Å². The van der Waals surface area contributed by atoms with Crippen LogP contribution in [0.4, 0.5) is 10.5 Å². The van der Waals surface area contributed by atoms with Crippen LogP contribution in [0.2, 0.25) is 0 Å². The molecule has 6 heteroatoms. The fraction of sp³-hybridized carbons (Fsp3) is 0.222. The van der Waals surface area contributed by atoms with Crippen molar-refractivity contribution in [3.63, 3.8) is 0 Å². The van der Waals surface area contributed by atoms with Crippen LogP contribution >= 0.6 is 31.9 Å².